The highest BCUT2D eigenvalue weighted by Gasteiger charge is 2.44. The van der Waals surface area contributed by atoms with Crippen LogP contribution in [0.25, 0.3) is 0 Å². The molecule has 98 valence electrons. The fourth-order valence-electron chi connectivity index (χ4n) is 2.62. The average Bonchev–Trinajstić information content (AvgIpc) is 3.14. The molecule has 0 bridgehead atoms. The van der Waals surface area contributed by atoms with Crippen LogP contribution in [0.3, 0.4) is 0 Å². The number of ether oxygens (including phenoxy) is 1. The van der Waals surface area contributed by atoms with Crippen molar-refractivity contribution in [3.05, 3.63) is 0 Å². The summed E-state index contributed by atoms with van der Waals surface area (Å²) < 4.78 is 5.01. The number of nitrogens with one attached hydrogen (secondary N) is 1. The first-order chi connectivity index (χ1) is 8.07. The lowest BCUT2D eigenvalue weighted by Crippen LogP contribution is -2.61. The molecule has 0 amide bonds. The van der Waals surface area contributed by atoms with Crippen molar-refractivity contribution in [3.8, 4) is 0 Å². The molecule has 2 fully saturated rings. The van der Waals surface area contributed by atoms with E-state index < -0.39 is 5.54 Å². The summed E-state index contributed by atoms with van der Waals surface area (Å²) in [4.78, 5) is 14.4. The first-order valence-electron chi connectivity index (χ1n) is 6.61. The van der Waals surface area contributed by atoms with Gasteiger partial charge >= 0.3 is 5.97 Å². The second-order valence-corrected chi connectivity index (χ2v) is 5.68. The first-order valence-corrected chi connectivity index (χ1v) is 6.61. The van der Waals surface area contributed by atoms with Crippen molar-refractivity contribution in [1.29, 1.82) is 0 Å². The third kappa shape index (κ3) is 2.80. The molecule has 2 rings (SSSR count). The smallest absolute Gasteiger partial charge is 0.326 e. The van der Waals surface area contributed by atoms with E-state index in [1.807, 2.05) is 0 Å². The van der Waals surface area contributed by atoms with Crippen molar-refractivity contribution in [3.63, 3.8) is 0 Å². The predicted molar refractivity (Wildman–Crippen MR) is 66.8 cm³/mol. The maximum atomic E-state index is 12.1. The van der Waals surface area contributed by atoms with Gasteiger partial charge in [0.2, 0.25) is 0 Å². The zero-order chi connectivity index (χ0) is 12.5. The maximum Gasteiger partial charge on any atom is 0.326 e. The van der Waals surface area contributed by atoms with Gasteiger partial charge in [-0.3, -0.25) is 4.79 Å². The molecule has 2 atom stereocenters. The lowest BCUT2D eigenvalue weighted by molar-refractivity contribution is -0.151. The molecule has 0 aromatic heterocycles. The van der Waals surface area contributed by atoms with E-state index in [4.69, 9.17) is 4.74 Å². The molecule has 1 aliphatic heterocycles. The van der Waals surface area contributed by atoms with Crippen molar-refractivity contribution >= 4 is 5.97 Å². The molecule has 4 heteroatoms. The molecule has 1 saturated carbocycles. The van der Waals surface area contributed by atoms with Gasteiger partial charge in [0.25, 0.3) is 0 Å². The van der Waals surface area contributed by atoms with E-state index in [-0.39, 0.29) is 5.97 Å². The normalized spacial score (nSPS) is 34.6. The third-order valence-corrected chi connectivity index (χ3v) is 4.29. The molecule has 0 radical (unpaired) electrons. The van der Waals surface area contributed by atoms with Crippen LogP contribution >= 0.6 is 0 Å². The fraction of sp³-hybridized carbons (Fsp3) is 0.923. The zero-order valence-corrected chi connectivity index (χ0v) is 11.2. The van der Waals surface area contributed by atoms with E-state index in [0.717, 1.165) is 31.8 Å². The van der Waals surface area contributed by atoms with Crippen LogP contribution in [-0.4, -0.2) is 49.7 Å². The van der Waals surface area contributed by atoms with Gasteiger partial charge in [0.1, 0.15) is 5.54 Å². The van der Waals surface area contributed by atoms with Crippen LogP contribution in [0, 0.1) is 5.92 Å². The predicted octanol–water partition coefficient (Wildman–Crippen LogP) is 1.01. The highest BCUT2D eigenvalue weighted by molar-refractivity contribution is 5.81. The summed E-state index contributed by atoms with van der Waals surface area (Å²) in [6, 6.07) is 0.426. The molecule has 17 heavy (non-hydrogen) atoms. The number of hydrogen-bond acceptors (Lipinski definition) is 4. The lowest BCUT2D eigenvalue weighted by Gasteiger charge is -2.43. The van der Waals surface area contributed by atoms with Gasteiger partial charge in [0, 0.05) is 12.6 Å². The van der Waals surface area contributed by atoms with E-state index in [9.17, 15) is 4.79 Å². The Hall–Kier alpha value is -0.610. The van der Waals surface area contributed by atoms with E-state index in [1.165, 1.54) is 20.0 Å². The quantitative estimate of drug-likeness (QED) is 0.745. The van der Waals surface area contributed by atoms with Crippen LogP contribution in [0.15, 0.2) is 0 Å². The summed E-state index contributed by atoms with van der Waals surface area (Å²) in [5.74, 6) is 0.699. The van der Waals surface area contributed by atoms with E-state index in [2.05, 4.69) is 24.2 Å². The summed E-state index contributed by atoms with van der Waals surface area (Å²) in [5.41, 5.74) is -0.441. The van der Waals surface area contributed by atoms with Crippen LogP contribution in [-0.2, 0) is 9.53 Å². The monoisotopic (exact) mass is 240 g/mol. The molecule has 0 aromatic rings. The fourth-order valence-corrected chi connectivity index (χ4v) is 2.62. The maximum absolute atomic E-state index is 12.1. The van der Waals surface area contributed by atoms with Gasteiger partial charge in [-0.05, 0) is 52.1 Å². The highest BCUT2D eigenvalue weighted by Crippen LogP contribution is 2.32. The Balaban J connectivity index is 2.03. The molecule has 4 nitrogen and oxygen atoms in total. The van der Waals surface area contributed by atoms with Crippen molar-refractivity contribution in [1.82, 2.24) is 10.2 Å². The number of methoxy groups -OCH3 is 1. The lowest BCUT2D eigenvalue weighted by atomic mass is 9.83. The standard InChI is InChI=1S/C13H24N2O2/c1-10-8-13(12(16)17-3,6-7-15(10)2)14-9-11-4-5-11/h10-11,14H,4-9H2,1-3H3. The van der Waals surface area contributed by atoms with Crippen LogP contribution in [0.4, 0.5) is 0 Å². The average molecular weight is 240 g/mol. The van der Waals surface area contributed by atoms with Crippen molar-refractivity contribution < 1.29 is 9.53 Å². The van der Waals surface area contributed by atoms with Crippen molar-refractivity contribution in [2.24, 2.45) is 5.92 Å². The van der Waals surface area contributed by atoms with Crippen LogP contribution < -0.4 is 5.32 Å². The molecular weight excluding hydrogens is 216 g/mol. The Morgan fingerprint density at radius 2 is 2.24 bits per heavy atom. The van der Waals surface area contributed by atoms with E-state index >= 15 is 0 Å². The molecule has 1 heterocycles. The minimum atomic E-state index is -0.441. The van der Waals surface area contributed by atoms with Gasteiger partial charge in [0.05, 0.1) is 7.11 Å². The largest absolute Gasteiger partial charge is 0.468 e. The van der Waals surface area contributed by atoms with Gasteiger partial charge < -0.3 is 15.0 Å². The Morgan fingerprint density at radius 1 is 1.53 bits per heavy atom. The number of carbonyl (C=O) groups excluding carboxylic acids is 1. The van der Waals surface area contributed by atoms with Crippen LogP contribution in [0.2, 0.25) is 0 Å². The molecule has 1 saturated heterocycles. The second kappa shape index (κ2) is 4.94. The van der Waals surface area contributed by atoms with Crippen molar-refractivity contribution in [2.75, 3.05) is 27.2 Å². The molecular formula is C13H24N2O2. The number of esters is 1. The third-order valence-electron chi connectivity index (χ3n) is 4.29. The number of piperidine rings is 1. The molecule has 2 aliphatic rings. The molecule has 2 unspecified atom stereocenters. The Kier molecular flexibility index (Phi) is 3.73. The number of nitrogens with zero attached hydrogens (tertiary/aromatic N) is 1. The number of carbonyl (C=O) groups is 1. The topological polar surface area (TPSA) is 41.6 Å². The second-order valence-electron chi connectivity index (χ2n) is 5.68. The summed E-state index contributed by atoms with van der Waals surface area (Å²) >= 11 is 0. The minimum Gasteiger partial charge on any atom is -0.468 e. The van der Waals surface area contributed by atoms with Gasteiger partial charge in [-0.1, -0.05) is 0 Å². The van der Waals surface area contributed by atoms with Gasteiger partial charge in [0.15, 0.2) is 0 Å². The summed E-state index contributed by atoms with van der Waals surface area (Å²) in [5, 5.41) is 3.50. The van der Waals surface area contributed by atoms with Gasteiger partial charge in [-0.2, -0.15) is 0 Å². The molecule has 1 N–H and O–H groups in total. The van der Waals surface area contributed by atoms with Crippen molar-refractivity contribution in [2.45, 2.75) is 44.2 Å². The minimum absolute atomic E-state index is 0.0851. The Labute approximate surface area is 104 Å². The summed E-state index contributed by atoms with van der Waals surface area (Å²) in [6.45, 7) is 4.09. The van der Waals surface area contributed by atoms with Crippen LogP contribution in [0.5, 0.6) is 0 Å². The van der Waals surface area contributed by atoms with Gasteiger partial charge in [-0.25, -0.2) is 0 Å². The number of rotatable bonds is 4. The van der Waals surface area contributed by atoms with Crippen LogP contribution in [0.1, 0.15) is 32.6 Å². The van der Waals surface area contributed by atoms with Gasteiger partial charge in [-0.15, -0.1) is 0 Å². The highest BCUT2D eigenvalue weighted by atomic mass is 16.5. The number of hydrogen-bond donors (Lipinski definition) is 1. The Bertz CT molecular complexity index is 291. The molecule has 0 spiro atoms. The molecule has 0 aromatic carbocycles. The SMILES string of the molecule is COC(=O)C1(NCC2CC2)CCN(C)C(C)C1. The number of likely N-dealkylation sites (tertiary alicyclic amines) is 1. The summed E-state index contributed by atoms with van der Waals surface area (Å²) in [6.07, 6.45) is 4.32. The summed E-state index contributed by atoms with van der Waals surface area (Å²) in [7, 11) is 3.61. The Morgan fingerprint density at radius 3 is 2.76 bits per heavy atom. The van der Waals surface area contributed by atoms with E-state index in [0.29, 0.717) is 6.04 Å². The first kappa shape index (κ1) is 12.8. The molecule has 1 aliphatic carbocycles. The van der Waals surface area contributed by atoms with E-state index in [1.54, 1.807) is 0 Å². The zero-order valence-electron chi connectivity index (χ0n) is 11.2.